The predicted octanol–water partition coefficient (Wildman–Crippen LogP) is 0.924. The van der Waals surface area contributed by atoms with Gasteiger partial charge in [-0.05, 0) is 53.0 Å². The van der Waals surface area contributed by atoms with Crippen LogP contribution < -0.4 is 10.1 Å². The molecule has 1 saturated heterocycles. The smallest absolute Gasteiger partial charge is 0.257 e. The maximum atomic E-state index is 12.3. The number of β-amino-alcohol motifs (C(OH)–C–C–N with tert-alkyl or cyclic N) is 1. The van der Waals surface area contributed by atoms with E-state index in [1.165, 1.54) is 0 Å². The molecular weight excluding hydrogens is 429 g/mol. The Morgan fingerprint density at radius 2 is 2.09 bits per heavy atom. The van der Waals surface area contributed by atoms with Crippen molar-refractivity contribution in [3.8, 4) is 5.75 Å². The maximum absolute atomic E-state index is 12.3. The molecule has 1 fully saturated rings. The molecule has 0 unspecified atom stereocenters. The Balaban J connectivity index is 1.90. The van der Waals surface area contributed by atoms with E-state index in [1.54, 1.807) is 25.3 Å². The van der Waals surface area contributed by atoms with Crippen LogP contribution in [0, 0.1) is 3.57 Å². The normalized spacial score (nSPS) is 15.3. The second kappa shape index (κ2) is 8.76. The summed E-state index contributed by atoms with van der Waals surface area (Å²) in [6, 6.07) is 5.27. The summed E-state index contributed by atoms with van der Waals surface area (Å²) < 4.78 is 6.07. The zero-order chi connectivity index (χ0) is 16.8. The van der Waals surface area contributed by atoms with E-state index >= 15 is 0 Å². The highest BCUT2D eigenvalue weighted by Crippen LogP contribution is 2.21. The Morgan fingerprint density at radius 1 is 1.39 bits per heavy atom. The van der Waals surface area contributed by atoms with Crippen LogP contribution in [-0.2, 0) is 0 Å². The average molecular weight is 449 g/mol. The number of thiocarbonyl (C=S) groups is 1. The molecule has 6 nitrogen and oxygen atoms in total. The molecule has 1 aromatic carbocycles. The molecule has 0 radical (unpaired) electrons. The van der Waals surface area contributed by atoms with Gasteiger partial charge in [0.2, 0.25) is 0 Å². The molecule has 0 aromatic heterocycles. The molecular formula is C15H20IN3O3S. The Kier molecular flexibility index (Phi) is 7.00. The maximum Gasteiger partial charge on any atom is 0.257 e. The van der Waals surface area contributed by atoms with E-state index in [-0.39, 0.29) is 12.5 Å². The average Bonchev–Trinajstić information content (AvgIpc) is 2.55. The van der Waals surface area contributed by atoms with E-state index in [0.717, 1.165) is 35.5 Å². The SMILES string of the molecule is COc1ccc(C(=O)NC(=S)N2CCN(CCO)CC2)cc1I. The van der Waals surface area contributed by atoms with Crippen molar-refractivity contribution in [2.75, 3.05) is 46.4 Å². The number of hydrogen-bond donors (Lipinski definition) is 2. The van der Waals surface area contributed by atoms with Gasteiger partial charge in [0.25, 0.3) is 5.91 Å². The number of rotatable bonds is 4. The highest BCUT2D eigenvalue weighted by molar-refractivity contribution is 14.1. The van der Waals surface area contributed by atoms with E-state index in [4.69, 9.17) is 22.1 Å². The highest BCUT2D eigenvalue weighted by atomic mass is 127. The third-order valence-electron chi connectivity index (χ3n) is 3.71. The number of ether oxygens (including phenoxy) is 1. The van der Waals surface area contributed by atoms with E-state index in [9.17, 15) is 4.79 Å². The number of carbonyl (C=O) groups is 1. The number of carbonyl (C=O) groups excluding carboxylic acids is 1. The third-order valence-corrected chi connectivity index (χ3v) is 4.91. The van der Waals surface area contributed by atoms with Gasteiger partial charge in [0.1, 0.15) is 5.75 Å². The molecule has 1 aliphatic rings. The van der Waals surface area contributed by atoms with Crippen molar-refractivity contribution >= 4 is 45.8 Å². The molecule has 2 rings (SSSR count). The van der Waals surface area contributed by atoms with Gasteiger partial charge in [-0.1, -0.05) is 0 Å². The molecule has 0 spiro atoms. The van der Waals surface area contributed by atoms with Crippen LogP contribution in [0.5, 0.6) is 5.75 Å². The lowest BCUT2D eigenvalue weighted by molar-refractivity contribution is 0.0968. The van der Waals surface area contributed by atoms with Gasteiger partial charge in [-0.15, -0.1) is 0 Å². The Morgan fingerprint density at radius 3 is 2.65 bits per heavy atom. The first-order valence-corrected chi connectivity index (χ1v) is 8.81. The Bertz CT molecular complexity index is 577. The van der Waals surface area contributed by atoms with Crippen molar-refractivity contribution in [3.63, 3.8) is 0 Å². The zero-order valence-electron chi connectivity index (χ0n) is 12.9. The quantitative estimate of drug-likeness (QED) is 0.527. The lowest BCUT2D eigenvalue weighted by Gasteiger charge is -2.35. The molecule has 1 amide bonds. The van der Waals surface area contributed by atoms with Crippen LogP contribution in [0.4, 0.5) is 0 Å². The number of piperazine rings is 1. The second-order valence-electron chi connectivity index (χ2n) is 5.16. The molecule has 1 aliphatic heterocycles. The monoisotopic (exact) mass is 449 g/mol. The number of amides is 1. The standard InChI is InChI=1S/C15H20IN3O3S/c1-22-13-3-2-11(10-12(13)16)14(21)17-15(23)19-6-4-18(5-7-19)8-9-20/h2-3,10,20H,4-9H2,1H3,(H,17,21,23). The molecule has 0 atom stereocenters. The third kappa shape index (κ3) is 5.00. The van der Waals surface area contributed by atoms with Crippen LogP contribution in [0.1, 0.15) is 10.4 Å². The minimum Gasteiger partial charge on any atom is -0.496 e. The Labute approximate surface area is 154 Å². The topological polar surface area (TPSA) is 65.0 Å². The van der Waals surface area contributed by atoms with Gasteiger partial charge in [-0.2, -0.15) is 0 Å². The van der Waals surface area contributed by atoms with Crippen LogP contribution in [0.25, 0.3) is 0 Å². The fourth-order valence-corrected chi connectivity index (χ4v) is 3.38. The number of methoxy groups -OCH3 is 1. The Hall–Kier alpha value is -0.970. The number of benzene rings is 1. The number of halogens is 1. The molecule has 1 aromatic rings. The summed E-state index contributed by atoms with van der Waals surface area (Å²) in [4.78, 5) is 16.5. The number of hydrogen-bond acceptors (Lipinski definition) is 5. The van der Waals surface area contributed by atoms with Gasteiger partial charge < -0.3 is 14.7 Å². The van der Waals surface area contributed by atoms with Crippen molar-refractivity contribution < 1.29 is 14.6 Å². The van der Waals surface area contributed by atoms with Crippen molar-refractivity contribution in [2.24, 2.45) is 0 Å². The molecule has 2 N–H and O–H groups in total. The molecule has 1 heterocycles. The second-order valence-corrected chi connectivity index (χ2v) is 6.71. The summed E-state index contributed by atoms with van der Waals surface area (Å²) in [7, 11) is 1.60. The van der Waals surface area contributed by atoms with Crippen molar-refractivity contribution in [1.82, 2.24) is 15.1 Å². The van der Waals surface area contributed by atoms with Gasteiger partial charge in [0.15, 0.2) is 5.11 Å². The molecule has 126 valence electrons. The largest absolute Gasteiger partial charge is 0.496 e. The minimum atomic E-state index is -0.214. The first-order valence-electron chi connectivity index (χ1n) is 7.32. The zero-order valence-corrected chi connectivity index (χ0v) is 15.9. The van der Waals surface area contributed by atoms with Crippen molar-refractivity contribution in [1.29, 1.82) is 0 Å². The van der Waals surface area contributed by atoms with Crippen LogP contribution >= 0.6 is 34.8 Å². The van der Waals surface area contributed by atoms with Crippen LogP contribution in [0.3, 0.4) is 0 Å². The van der Waals surface area contributed by atoms with E-state index in [2.05, 4.69) is 32.8 Å². The molecule has 0 saturated carbocycles. The van der Waals surface area contributed by atoms with E-state index in [1.807, 2.05) is 4.90 Å². The fraction of sp³-hybridized carbons (Fsp3) is 0.467. The highest BCUT2D eigenvalue weighted by Gasteiger charge is 2.20. The summed E-state index contributed by atoms with van der Waals surface area (Å²) in [6.45, 7) is 4.00. The number of nitrogens with zero attached hydrogens (tertiary/aromatic N) is 2. The summed E-state index contributed by atoms with van der Waals surface area (Å²) in [5.41, 5.74) is 0.552. The van der Waals surface area contributed by atoms with E-state index < -0.39 is 0 Å². The predicted molar refractivity (Wildman–Crippen MR) is 101 cm³/mol. The molecule has 0 bridgehead atoms. The minimum absolute atomic E-state index is 0.164. The van der Waals surface area contributed by atoms with Crippen molar-refractivity contribution in [3.05, 3.63) is 27.3 Å². The first kappa shape index (κ1) is 18.4. The summed E-state index contributed by atoms with van der Waals surface area (Å²) >= 11 is 7.47. The summed E-state index contributed by atoms with van der Waals surface area (Å²) in [6.07, 6.45) is 0. The lowest BCUT2D eigenvalue weighted by atomic mass is 10.2. The van der Waals surface area contributed by atoms with Crippen molar-refractivity contribution in [2.45, 2.75) is 0 Å². The fourth-order valence-electron chi connectivity index (χ4n) is 2.37. The summed E-state index contributed by atoms with van der Waals surface area (Å²) in [5.74, 6) is 0.526. The van der Waals surface area contributed by atoms with Gasteiger partial charge >= 0.3 is 0 Å². The molecule has 0 aliphatic carbocycles. The van der Waals surface area contributed by atoms with Gasteiger partial charge in [-0.25, -0.2) is 0 Å². The number of aliphatic hydroxyl groups is 1. The van der Waals surface area contributed by atoms with Crippen LogP contribution in [-0.4, -0.2) is 72.4 Å². The van der Waals surface area contributed by atoms with E-state index in [0.29, 0.717) is 17.2 Å². The molecule has 8 heteroatoms. The lowest BCUT2D eigenvalue weighted by Crippen LogP contribution is -2.53. The summed E-state index contributed by atoms with van der Waals surface area (Å²) in [5, 5.41) is 12.2. The number of nitrogens with one attached hydrogen (secondary N) is 1. The van der Waals surface area contributed by atoms with Crippen LogP contribution in [0.15, 0.2) is 18.2 Å². The molecule has 23 heavy (non-hydrogen) atoms. The van der Waals surface area contributed by atoms with Gasteiger partial charge in [0.05, 0.1) is 17.3 Å². The van der Waals surface area contributed by atoms with Crippen LogP contribution in [0.2, 0.25) is 0 Å². The van der Waals surface area contributed by atoms with Gasteiger partial charge in [0, 0.05) is 38.3 Å². The van der Waals surface area contributed by atoms with Gasteiger partial charge in [-0.3, -0.25) is 15.0 Å². The number of aliphatic hydroxyl groups excluding tert-OH is 1. The first-order chi connectivity index (χ1) is 11.0.